The molecule has 98 valence electrons. The number of rotatable bonds is 3. The number of hydrogen-bond donors (Lipinski definition) is 1. The van der Waals surface area contributed by atoms with Crippen LogP contribution in [0.5, 0.6) is 0 Å². The lowest BCUT2D eigenvalue weighted by Crippen LogP contribution is -2.42. The highest BCUT2D eigenvalue weighted by Gasteiger charge is 2.26. The molecule has 0 unspecified atom stereocenters. The van der Waals surface area contributed by atoms with Crippen LogP contribution in [-0.4, -0.2) is 12.1 Å². The van der Waals surface area contributed by atoms with Crippen molar-refractivity contribution < 1.29 is 0 Å². The van der Waals surface area contributed by atoms with Crippen molar-refractivity contribution in [3.63, 3.8) is 0 Å². The van der Waals surface area contributed by atoms with Crippen LogP contribution in [0.15, 0.2) is 24.3 Å². The third-order valence-corrected chi connectivity index (χ3v) is 4.91. The van der Waals surface area contributed by atoms with Crippen molar-refractivity contribution >= 4 is 0 Å². The van der Waals surface area contributed by atoms with Gasteiger partial charge in [-0.25, -0.2) is 0 Å². The Balaban J connectivity index is 1.55. The zero-order valence-electron chi connectivity index (χ0n) is 11.5. The molecule has 0 spiro atoms. The molecule has 3 rings (SSSR count). The molecule has 1 atom stereocenters. The number of benzene rings is 1. The second-order valence-corrected chi connectivity index (χ2v) is 6.23. The summed E-state index contributed by atoms with van der Waals surface area (Å²) < 4.78 is 0. The van der Waals surface area contributed by atoms with Crippen molar-refractivity contribution in [1.29, 1.82) is 0 Å². The minimum Gasteiger partial charge on any atom is -0.311 e. The van der Waals surface area contributed by atoms with Gasteiger partial charge < -0.3 is 5.32 Å². The Hall–Kier alpha value is -0.820. The molecule has 0 heterocycles. The molecule has 0 bridgehead atoms. The van der Waals surface area contributed by atoms with Gasteiger partial charge in [0.25, 0.3) is 0 Å². The van der Waals surface area contributed by atoms with E-state index >= 15 is 0 Å². The van der Waals surface area contributed by atoms with Gasteiger partial charge in [0.2, 0.25) is 0 Å². The first-order chi connectivity index (χ1) is 8.83. The molecule has 0 saturated heterocycles. The Morgan fingerprint density at radius 1 is 1.00 bits per heavy atom. The molecule has 18 heavy (non-hydrogen) atoms. The molecule has 1 saturated carbocycles. The summed E-state index contributed by atoms with van der Waals surface area (Å²) in [5, 5.41) is 3.90. The van der Waals surface area contributed by atoms with Crippen molar-refractivity contribution in [2.45, 2.75) is 64.0 Å². The Morgan fingerprint density at radius 3 is 2.22 bits per heavy atom. The van der Waals surface area contributed by atoms with E-state index in [-0.39, 0.29) is 0 Å². The average Bonchev–Trinajstić information content (AvgIpc) is 2.82. The fourth-order valence-electron chi connectivity index (χ4n) is 3.82. The molecular formula is C17H25N. The lowest BCUT2D eigenvalue weighted by atomic mass is 9.84. The van der Waals surface area contributed by atoms with Crippen LogP contribution in [0, 0.1) is 5.92 Å². The van der Waals surface area contributed by atoms with E-state index in [9.17, 15) is 0 Å². The number of hydrogen-bond acceptors (Lipinski definition) is 1. The molecule has 1 heteroatoms. The van der Waals surface area contributed by atoms with E-state index in [1.165, 1.54) is 44.9 Å². The molecule has 1 aromatic carbocycles. The zero-order chi connectivity index (χ0) is 12.4. The van der Waals surface area contributed by atoms with Crippen LogP contribution in [0.1, 0.15) is 50.2 Å². The summed E-state index contributed by atoms with van der Waals surface area (Å²) in [6, 6.07) is 10.3. The van der Waals surface area contributed by atoms with Gasteiger partial charge in [0.05, 0.1) is 0 Å². The highest BCUT2D eigenvalue weighted by atomic mass is 15.0. The van der Waals surface area contributed by atoms with Crippen LogP contribution in [0.4, 0.5) is 0 Å². The Labute approximate surface area is 111 Å². The fraction of sp³-hybridized carbons (Fsp3) is 0.647. The Morgan fingerprint density at radius 2 is 1.61 bits per heavy atom. The van der Waals surface area contributed by atoms with E-state index in [2.05, 4.69) is 36.5 Å². The van der Waals surface area contributed by atoms with Crippen molar-refractivity contribution in [2.75, 3.05) is 0 Å². The Kier molecular flexibility index (Phi) is 3.69. The predicted molar refractivity (Wildman–Crippen MR) is 76.8 cm³/mol. The SMILES string of the molecule is C[C@@H](NC1Cc2ccccc2C1)C1CCCCC1. The summed E-state index contributed by atoms with van der Waals surface area (Å²) in [6.07, 6.45) is 9.68. The first kappa shape index (κ1) is 12.2. The molecule has 1 nitrogen and oxygen atoms in total. The summed E-state index contributed by atoms with van der Waals surface area (Å²) in [5.41, 5.74) is 3.12. The molecular weight excluding hydrogens is 218 g/mol. The summed E-state index contributed by atoms with van der Waals surface area (Å²) in [7, 11) is 0. The normalized spacial score (nSPS) is 22.9. The second kappa shape index (κ2) is 5.44. The van der Waals surface area contributed by atoms with Crippen molar-refractivity contribution in [3.8, 4) is 0 Å². The van der Waals surface area contributed by atoms with Crippen molar-refractivity contribution in [1.82, 2.24) is 5.32 Å². The Bertz CT molecular complexity index is 367. The first-order valence-corrected chi connectivity index (χ1v) is 7.66. The minimum atomic E-state index is 0.680. The van der Waals surface area contributed by atoms with Crippen molar-refractivity contribution in [3.05, 3.63) is 35.4 Å². The molecule has 0 aliphatic heterocycles. The monoisotopic (exact) mass is 243 g/mol. The fourth-order valence-corrected chi connectivity index (χ4v) is 3.82. The average molecular weight is 243 g/mol. The van der Waals surface area contributed by atoms with Gasteiger partial charge in [-0.1, -0.05) is 43.5 Å². The highest BCUT2D eigenvalue weighted by Crippen LogP contribution is 2.28. The molecule has 0 radical (unpaired) electrons. The predicted octanol–water partition coefficient (Wildman–Crippen LogP) is 3.71. The van der Waals surface area contributed by atoms with Gasteiger partial charge in [0.15, 0.2) is 0 Å². The van der Waals surface area contributed by atoms with Gasteiger partial charge in [-0.05, 0) is 49.7 Å². The minimum absolute atomic E-state index is 0.680. The standard InChI is InChI=1S/C17H25N/c1-13(14-7-3-2-4-8-14)18-17-11-15-9-5-6-10-16(15)12-17/h5-6,9-10,13-14,17-18H,2-4,7-8,11-12H2,1H3/t13-/m1/s1. The van der Waals surface area contributed by atoms with Crippen LogP contribution < -0.4 is 5.32 Å². The van der Waals surface area contributed by atoms with Crippen LogP contribution >= 0.6 is 0 Å². The molecule has 1 N–H and O–H groups in total. The van der Waals surface area contributed by atoms with E-state index in [1.807, 2.05) is 0 Å². The molecule has 0 amide bonds. The maximum absolute atomic E-state index is 3.90. The van der Waals surface area contributed by atoms with Crippen molar-refractivity contribution in [2.24, 2.45) is 5.92 Å². The lowest BCUT2D eigenvalue weighted by molar-refractivity contribution is 0.265. The van der Waals surface area contributed by atoms with E-state index < -0.39 is 0 Å². The smallest absolute Gasteiger partial charge is 0.0151 e. The van der Waals surface area contributed by atoms with Crippen LogP contribution in [0.25, 0.3) is 0 Å². The zero-order valence-corrected chi connectivity index (χ0v) is 11.5. The summed E-state index contributed by atoms with van der Waals surface area (Å²) >= 11 is 0. The van der Waals surface area contributed by atoms with Crippen LogP contribution in [0.3, 0.4) is 0 Å². The van der Waals surface area contributed by atoms with Gasteiger partial charge in [-0.2, -0.15) is 0 Å². The summed E-state index contributed by atoms with van der Waals surface area (Å²) in [6.45, 7) is 2.40. The van der Waals surface area contributed by atoms with Gasteiger partial charge in [-0.3, -0.25) is 0 Å². The number of fused-ring (bicyclic) bond motifs is 1. The number of nitrogens with one attached hydrogen (secondary N) is 1. The van der Waals surface area contributed by atoms with E-state index in [4.69, 9.17) is 0 Å². The largest absolute Gasteiger partial charge is 0.311 e. The summed E-state index contributed by atoms with van der Waals surface area (Å²) in [4.78, 5) is 0. The highest BCUT2D eigenvalue weighted by molar-refractivity contribution is 5.33. The lowest BCUT2D eigenvalue weighted by Gasteiger charge is -2.30. The molecule has 1 fully saturated rings. The molecule has 2 aliphatic rings. The summed E-state index contributed by atoms with van der Waals surface area (Å²) in [5.74, 6) is 0.919. The third kappa shape index (κ3) is 2.61. The van der Waals surface area contributed by atoms with Gasteiger partial charge in [-0.15, -0.1) is 0 Å². The first-order valence-electron chi connectivity index (χ1n) is 7.66. The van der Waals surface area contributed by atoms with Crippen LogP contribution in [-0.2, 0) is 12.8 Å². The third-order valence-electron chi connectivity index (χ3n) is 4.91. The van der Waals surface area contributed by atoms with E-state index in [0.29, 0.717) is 12.1 Å². The molecule has 0 aromatic heterocycles. The maximum atomic E-state index is 3.90. The molecule has 2 aliphatic carbocycles. The van der Waals surface area contributed by atoms with Gasteiger partial charge in [0, 0.05) is 12.1 Å². The van der Waals surface area contributed by atoms with E-state index in [1.54, 1.807) is 11.1 Å². The van der Waals surface area contributed by atoms with Crippen LogP contribution in [0.2, 0.25) is 0 Å². The second-order valence-electron chi connectivity index (χ2n) is 6.23. The quantitative estimate of drug-likeness (QED) is 0.853. The van der Waals surface area contributed by atoms with Gasteiger partial charge in [0.1, 0.15) is 0 Å². The molecule has 1 aromatic rings. The topological polar surface area (TPSA) is 12.0 Å². The maximum Gasteiger partial charge on any atom is 0.0151 e. The van der Waals surface area contributed by atoms with E-state index in [0.717, 1.165) is 5.92 Å². The van der Waals surface area contributed by atoms with Gasteiger partial charge >= 0.3 is 0 Å².